The first-order valence-corrected chi connectivity index (χ1v) is 16.3. The summed E-state index contributed by atoms with van der Waals surface area (Å²) < 4.78 is 17.7. The lowest BCUT2D eigenvalue weighted by atomic mass is 9.96. The normalized spacial score (nSPS) is 12.2. The molecule has 0 radical (unpaired) electrons. The Morgan fingerprint density at radius 2 is 1.46 bits per heavy atom. The van der Waals surface area contributed by atoms with Crippen LogP contribution in [0.1, 0.15) is 44.0 Å². The van der Waals surface area contributed by atoms with E-state index in [9.17, 15) is 9.90 Å². The molecule has 0 heterocycles. The first kappa shape index (κ1) is 28.5. The van der Waals surface area contributed by atoms with Gasteiger partial charge in [-0.3, -0.25) is 0 Å². The van der Waals surface area contributed by atoms with Crippen molar-refractivity contribution in [2.45, 2.75) is 52.8 Å². The Labute approximate surface area is 222 Å². The van der Waals surface area contributed by atoms with E-state index < -0.39 is 14.3 Å². The van der Waals surface area contributed by atoms with Gasteiger partial charge in [-0.15, -0.1) is 0 Å². The van der Waals surface area contributed by atoms with Gasteiger partial charge in [0.25, 0.3) is 0 Å². The standard InChI is InChI=1S/C31H40O5Si/c1-6-23(3)22-35-27-15-13-25(14-16-27)24-9-11-26(12-10-24)30-21-28(17-18-29(30)31(32)33)34-19-8-20-37(4,5)36-7-2/h9-18,21,23H,6-8,19-20,22H2,1-5H3,(H,32,33)/t23-/m0/s1. The van der Waals surface area contributed by atoms with Crippen LogP contribution in [0, 0.1) is 5.92 Å². The van der Waals surface area contributed by atoms with Gasteiger partial charge >= 0.3 is 5.97 Å². The van der Waals surface area contributed by atoms with Gasteiger partial charge in [-0.2, -0.15) is 0 Å². The van der Waals surface area contributed by atoms with Crippen molar-refractivity contribution >= 4 is 14.3 Å². The number of carboxylic acids is 1. The summed E-state index contributed by atoms with van der Waals surface area (Å²) in [6.45, 7) is 12.8. The monoisotopic (exact) mass is 520 g/mol. The molecule has 0 unspecified atom stereocenters. The third-order valence-electron chi connectivity index (χ3n) is 6.56. The molecule has 6 heteroatoms. The molecular weight excluding hydrogens is 480 g/mol. The van der Waals surface area contributed by atoms with Crippen molar-refractivity contribution in [1.29, 1.82) is 0 Å². The average molecular weight is 521 g/mol. The number of hydrogen-bond donors (Lipinski definition) is 1. The second kappa shape index (κ2) is 13.5. The van der Waals surface area contributed by atoms with Crippen LogP contribution in [0.25, 0.3) is 22.3 Å². The van der Waals surface area contributed by atoms with Gasteiger partial charge in [0.05, 0.1) is 18.8 Å². The molecule has 37 heavy (non-hydrogen) atoms. The highest BCUT2D eigenvalue weighted by Crippen LogP contribution is 2.31. The summed E-state index contributed by atoms with van der Waals surface area (Å²) in [5.41, 5.74) is 3.88. The molecule has 0 bridgehead atoms. The number of benzene rings is 3. The van der Waals surface area contributed by atoms with E-state index >= 15 is 0 Å². The fourth-order valence-corrected chi connectivity index (χ4v) is 6.05. The first-order chi connectivity index (χ1) is 17.7. The smallest absolute Gasteiger partial charge is 0.336 e. The molecule has 5 nitrogen and oxygen atoms in total. The molecule has 0 amide bonds. The lowest BCUT2D eigenvalue weighted by Gasteiger charge is -2.21. The Morgan fingerprint density at radius 3 is 2.05 bits per heavy atom. The zero-order valence-electron chi connectivity index (χ0n) is 22.8. The summed E-state index contributed by atoms with van der Waals surface area (Å²) in [5.74, 6) is 1.12. The van der Waals surface area contributed by atoms with Crippen molar-refractivity contribution in [2.75, 3.05) is 19.8 Å². The molecule has 0 aliphatic carbocycles. The molecule has 0 aliphatic heterocycles. The van der Waals surface area contributed by atoms with Crippen LogP contribution in [0.5, 0.6) is 11.5 Å². The summed E-state index contributed by atoms with van der Waals surface area (Å²) in [7, 11) is -1.64. The van der Waals surface area contributed by atoms with Crippen LogP contribution < -0.4 is 9.47 Å². The number of carbonyl (C=O) groups is 1. The molecule has 1 atom stereocenters. The number of rotatable bonds is 14. The Morgan fingerprint density at radius 1 is 0.865 bits per heavy atom. The van der Waals surface area contributed by atoms with Crippen molar-refractivity contribution in [3.05, 3.63) is 72.3 Å². The van der Waals surface area contributed by atoms with Crippen molar-refractivity contribution in [1.82, 2.24) is 0 Å². The number of carboxylic acid groups (broad SMARTS) is 1. The third kappa shape index (κ3) is 8.47. The van der Waals surface area contributed by atoms with Crippen molar-refractivity contribution in [3.63, 3.8) is 0 Å². The van der Waals surface area contributed by atoms with Crippen LogP contribution in [-0.2, 0) is 4.43 Å². The molecule has 0 fully saturated rings. The number of aromatic carboxylic acids is 1. The molecule has 0 saturated heterocycles. The Hall–Kier alpha value is -3.09. The van der Waals surface area contributed by atoms with Gasteiger partial charge in [0, 0.05) is 6.61 Å². The number of hydrogen-bond acceptors (Lipinski definition) is 4. The van der Waals surface area contributed by atoms with E-state index in [4.69, 9.17) is 13.9 Å². The van der Waals surface area contributed by atoms with E-state index in [0.717, 1.165) is 47.9 Å². The molecule has 0 aromatic heterocycles. The third-order valence-corrected chi connectivity index (χ3v) is 9.19. The largest absolute Gasteiger partial charge is 0.494 e. The van der Waals surface area contributed by atoms with Crippen molar-refractivity contribution in [2.24, 2.45) is 5.92 Å². The van der Waals surface area contributed by atoms with Crippen LogP contribution in [-0.4, -0.2) is 39.2 Å². The van der Waals surface area contributed by atoms with E-state index in [1.165, 1.54) is 0 Å². The van der Waals surface area contributed by atoms with E-state index in [-0.39, 0.29) is 5.56 Å². The Balaban J connectivity index is 1.71. The van der Waals surface area contributed by atoms with Gasteiger partial charge in [0.15, 0.2) is 8.32 Å². The van der Waals surface area contributed by atoms with E-state index in [2.05, 4.69) is 26.9 Å². The predicted octanol–water partition coefficient (Wildman–Crippen LogP) is 8.15. The topological polar surface area (TPSA) is 65.0 Å². The van der Waals surface area contributed by atoms with Gasteiger partial charge < -0.3 is 19.0 Å². The average Bonchev–Trinajstić information content (AvgIpc) is 2.90. The van der Waals surface area contributed by atoms with E-state index in [1.807, 2.05) is 61.5 Å². The highest BCUT2D eigenvalue weighted by Gasteiger charge is 2.21. The summed E-state index contributed by atoms with van der Waals surface area (Å²) in [6.07, 6.45) is 2.00. The molecule has 0 aliphatic rings. The minimum absolute atomic E-state index is 0.257. The maximum absolute atomic E-state index is 11.9. The molecule has 1 N–H and O–H groups in total. The van der Waals surface area contributed by atoms with Gasteiger partial charge in [0.2, 0.25) is 0 Å². The van der Waals surface area contributed by atoms with Crippen LogP contribution in [0.4, 0.5) is 0 Å². The minimum Gasteiger partial charge on any atom is -0.494 e. The summed E-state index contributed by atoms with van der Waals surface area (Å²) >= 11 is 0. The molecular formula is C31H40O5Si. The first-order valence-electron chi connectivity index (χ1n) is 13.2. The Kier molecular flexibility index (Phi) is 10.4. The molecule has 3 rings (SSSR count). The Bertz CT molecular complexity index is 1140. The molecule has 0 spiro atoms. The highest BCUT2D eigenvalue weighted by atomic mass is 28.4. The maximum Gasteiger partial charge on any atom is 0.336 e. The van der Waals surface area contributed by atoms with E-state index in [0.29, 0.717) is 30.4 Å². The molecule has 3 aromatic carbocycles. The predicted molar refractivity (Wildman–Crippen MR) is 153 cm³/mol. The van der Waals surface area contributed by atoms with Crippen LogP contribution in [0.3, 0.4) is 0 Å². The van der Waals surface area contributed by atoms with Gasteiger partial charge in [-0.1, -0.05) is 56.7 Å². The fraction of sp³-hybridized carbons (Fsp3) is 0.387. The maximum atomic E-state index is 11.9. The minimum atomic E-state index is -1.64. The van der Waals surface area contributed by atoms with E-state index in [1.54, 1.807) is 12.1 Å². The summed E-state index contributed by atoms with van der Waals surface area (Å²) in [5, 5.41) is 9.76. The second-order valence-electron chi connectivity index (χ2n) is 10.1. The van der Waals surface area contributed by atoms with Crippen LogP contribution in [0.2, 0.25) is 19.1 Å². The second-order valence-corrected chi connectivity index (χ2v) is 14.4. The lowest BCUT2D eigenvalue weighted by molar-refractivity contribution is 0.0697. The zero-order chi connectivity index (χ0) is 26.8. The summed E-state index contributed by atoms with van der Waals surface area (Å²) in [4.78, 5) is 11.9. The van der Waals surface area contributed by atoms with Crippen LogP contribution in [0.15, 0.2) is 66.7 Å². The quantitative estimate of drug-likeness (QED) is 0.172. The SMILES string of the molecule is CCO[Si](C)(C)CCCOc1ccc(C(=O)O)c(-c2ccc(-c3ccc(OC[C@@H](C)CC)cc3)cc2)c1. The van der Waals surface area contributed by atoms with Crippen LogP contribution >= 0.6 is 0 Å². The molecule has 0 saturated carbocycles. The highest BCUT2D eigenvalue weighted by molar-refractivity contribution is 6.71. The molecule has 198 valence electrons. The molecule has 3 aromatic rings. The van der Waals surface area contributed by atoms with Crippen molar-refractivity contribution < 1.29 is 23.8 Å². The zero-order valence-corrected chi connectivity index (χ0v) is 23.8. The van der Waals surface area contributed by atoms with Gasteiger partial charge in [-0.25, -0.2) is 4.79 Å². The lowest BCUT2D eigenvalue weighted by Crippen LogP contribution is -2.30. The van der Waals surface area contributed by atoms with Gasteiger partial charge in [-0.05, 0) is 91.0 Å². The van der Waals surface area contributed by atoms with Crippen molar-refractivity contribution in [3.8, 4) is 33.8 Å². The summed E-state index contributed by atoms with van der Waals surface area (Å²) in [6, 6.07) is 22.2. The van der Waals surface area contributed by atoms with Gasteiger partial charge in [0.1, 0.15) is 11.5 Å². The fourth-order valence-electron chi connectivity index (χ4n) is 4.13. The number of ether oxygens (including phenoxy) is 2.